The SMILES string of the molecule is CN.c1ccc(OC2CCC2)cc1. The summed E-state index contributed by atoms with van der Waals surface area (Å²) in [7, 11) is 1.50. The van der Waals surface area contributed by atoms with Gasteiger partial charge in [0, 0.05) is 0 Å². The number of nitrogens with two attached hydrogens (primary N) is 1. The molecule has 0 unspecified atom stereocenters. The number of ether oxygens (including phenoxy) is 1. The van der Waals surface area contributed by atoms with E-state index >= 15 is 0 Å². The summed E-state index contributed by atoms with van der Waals surface area (Å²) in [5, 5.41) is 0. The quantitative estimate of drug-likeness (QED) is 0.755. The normalized spacial score (nSPS) is 15.2. The Bertz CT molecular complexity index is 219. The molecule has 0 radical (unpaired) electrons. The number of para-hydroxylation sites is 1. The van der Waals surface area contributed by atoms with Crippen molar-refractivity contribution < 1.29 is 4.74 Å². The summed E-state index contributed by atoms with van der Waals surface area (Å²) in [4.78, 5) is 0. The highest BCUT2D eigenvalue weighted by Crippen LogP contribution is 2.24. The topological polar surface area (TPSA) is 35.2 Å². The predicted molar refractivity (Wildman–Crippen MR) is 54.8 cm³/mol. The van der Waals surface area contributed by atoms with Crippen LogP contribution in [-0.4, -0.2) is 13.2 Å². The van der Waals surface area contributed by atoms with Crippen LogP contribution in [0.15, 0.2) is 30.3 Å². The first-order valence-corrected chi connectivity index (χ1v) is 4.74. The Labute approximate surface area is 79.7 Å². The van der Waals surface area contributed by atoms with Crippen molar-refractivity contribution in [2.45, 2.75) is 25.4 Å². The van der Waals surface area contributed by atoms with Crippen LogP contribution >= 0.6 is 0 Å². The molecule has 0 aliphatic heterocycles. The molecule has 72 valence electrons. The van der Waals surface area contributed by atoms with Gasteiger partial charge in [-0.1, -0.05) is 18.2 Å². The van der Waals surface area contributed by atoms with E-state index in [-0.39, 0.29) is 0 Å². The zero-order chi connectivity index (χ0) is 9.52. The lowest BCUT2D eigenvalue weighted by Gasteiger charge is -2.26. The van der Waals surface area contributed by atoms with Gasteiger partial charge in [-0.2, -0.15) is 0 Å². The van der Waals surface area contributed by atoms with Crippen molar-refractivity contribution in [1.29, 1.82) is 0 Å². The van der Waals surface area contributed by atoms with Gasteiger partial charge in [-0.05, 0) is 38.4 Å². The molecule has 2 heteroatoms. The second-order valence-corrected chi connectivity index (χ2v) is 2.98. The summed E-state index contributed by atoms with van der Waals surface area (Å²) in [5.41, 5.74) is 4.50. The summed E-state index contributed by atoms with van der Waals surface area (Å²) in [6.07, 6.45) is 4.29. The van der Waals surface area contributed by atoms with Crippen LogP contribution in [0.1, 0.15) is 19.3 Å². The maximum Gasteiger partial charge on any atom is 0.119 e. The van der Waals surface area contributed by atoms with E-state index in [0.717, 1.165) is 5.75 Å². The van der Waals surface area contributed by atoms with Gasteiger partial charge >= 0.3 is 0 Å². The molecule has 0 saturated heterocycles. The maximum absolute atomic E-state index is 5.65. The van der Waals surface area contributed by atoms with Crippen LogP contribution in [0.4, 0.5) is 0 Å². The molecule has 1 aliphatic rings. The summed E-state index contributed by atoms with van der Waals surface area (Å²) in [6.45, 7) is 0. The third kappa shape index (κ3) is 3.07. The van der Waals surface area contributed by atoms with Gasteiger partial charge in [0.05, 0.1) is 6.10 Å². The molecule has 0 bridgehead atoms. The van der Waals surface area contributed by atoms with Gasteiger partial charge in [0.15, 0.2) is 0 Å². The van der Waals surface area contributed by atoms with E-state index in [9.17, 15) is 0 Å². The summed E-state index contributed by atoms with van der Waals surface area (Å²) >= 11 is 0. The molecule has 13 heavy (non-hydrogen) atoms. The van der Waals surface area contributed by atoms with Gasteiger partial charge < -0.3 is 10.5 Å². The van der Waals surface area contributed by atoms with Crippen LogP contribution in [0.25, 0.3) is 0 Å². The molecule has 1 fully saturated rings. The van der Waals surface area contributed by atoms with E-state index in [2.05, 4.69) is 5.73 Å². The molecule has 1 aliphatic carbocycles. The van der Waals surface area contributed by atoms with Crippen LogP contribution in [-0.2, 0) is 0 Å². The molecular formula is C11H17NO. The minimum Gasteiger partial charge on any atom is -0.490 e. The van der Waals surface area contributed by atoms with Crippen molar-refractivity contribution in [3.63, 3.8) is 0 Å². The highest BCUT2D eigenvalue weighted by Gasteiger charge is 2.18. The minimum atomic E-state index is 0.498. The van der Waals surface area contributed by atoms with Crippen LogP contribution in [0.2, 0.25) is 0 Å². The van der Waals surface area contributed by atoms with Gasteiger partial charge in [-0.15, -0.1) is 0 Å². The van der Waals surface area contributed by atoms with E-state index in [1.807, 2.05) is 30.3 Å². The Morgan fingerprint density at radius 1 is 1.15 bits per heavy atom. The van der Waals surface area contributed by atoms with Crippen LogP contribution in [0, 0.1) is 0 Å². The highest BCUT2D eigenvalue weighted by atomic mass is 16.5. The highest BCUT2D eigenvalue weighted by molar-refractivity contribution is 5.21. The fraction of sp³-hybridized carbons (Fsp3) is 0.455. The molecule has 0 heterocycles. The fourth-order valence-electron chi connectivity index (χ4n) is 1.18. The second-order valence-electron chi connectivity index (χ2n) is 2.98. The lowest BCUT2D eigenvalue weighted by atomic mass is 9.96. The lowest BCUT2D eigenvalue weighted by Crippen LogP contribution is -2.24. The molecule has 2 nitrogen and oxygen atoms in total. The van der Waals surface area contributed by atoms with Crippen molar-refractivity contribution in [2.24, 2.45) is 5.73 Å². The molecular weight excluding hydrogens is 162 g/mol. The molecule has 2 rings (SSSR count). The predicted octanol–water partition coefficient (Wildman–Crippen LogP) is 2.19. The molecule has 1 saturated carbocycles. The number of hydrogen-bond acceptors (Lipinski definition) is 2. The molecule has 2 N–H and O–H groups in total. The Morgan fingerprint density at radius 3 is 2.23 bits per heavy atom. The van der Waals surface area contributed by atoms with E-state index in [1.165, 1.54) is 26.3 Å². The van der Waals surface area contributed by atoms with E-state index in [1.54, 1.807) is 0 Å². The number of hydrogen-bond donors (Lipinski definition) is 1. The summed E-state index contributed by atoms with van der Waals surface area (Å²) < 4.78 is 5.65. The summed E-state index contributed by atoms with van der Waals surface area (Å²) in [5.74, 6) is 1.01. The number of benzene rings is 1. The van der Waals surface area contributed by atoms with Gasteiger partial charge in [0.25, 0.3) is 0 Å². The van der Waals surface area contributed by atoms with E-state index in [4.69, 9.17) is 4.74 Å². The van der Waals surface area contributed by atoms with Crippen LogP contribution < -0.4 is 10.5 Å². The first kappa shape index (κ1) is 10.1. The van der Waals surface area contributed by atoms with Crippen molar-refractivity contribution in [3.8, 4) is 5.75 Å². The van der Waals surface area contributed by atoms with E-state index in [0.29, 0.717) is 6.10 Å². The van der Waals surface area contributed by atoms with E-state index < -0.39 is 0 Å². The van der Waals surface area contributed by atoms with Crippen molar-refractivity contribution in [3.05, 3.63) is 30.3 Å². The van der Waals surface area contributed by atoms with Crippen LogP contribution in [0.3, 0.4) is 0 Å². The van der Waals surface area contributed by atoms with Crippen molar-refractivity contribution >= 4 is 0 Å². The summed E-state index contributed by atoms with van der Waals surface area (Å²) in [6, 6.07) is 10.0. The van der Waals surface area contributed by atoms with Crippen molar-refractivity contribution in [2.75, 3.05) is 7.05 Å². The van der Waals surface area contributed by atoms with Crippen molar-refractivity contribution in [1.82, 2.24) is 0 Å². The van der Waals surface area contributed by atoms with Gasteiger partial charge in [-0.25, -0.2) is 0 Å². The molecule has 1 aromatic carbocycles. The Morgan fingerprint density at radius 2 is 1.77 bits per heavy atom. The standard InChI is InChI=1S/C10H12O.CH5N/c1-2-5-9(6-3-1)11-10-7-4-8-10;1-2/h1-3,5-6,10H,4,7-8H2;2H2,1H3. The van der Waals surface area contributed by atoms with Gasteiger partial charge in [0.1, 0.15) is 5.75 Å². The molecule has 0 spiro atoms. The largest absolute Gasteiger partial charge is 0.490 e. The Kier molecular flexibility index (Phi) is 4.33. The zero-order valence-electron chi connectivity index (χ0n) is 8.07. The smallest absolute Gasteiger partial charge is 0.119 e. The fourth-order valence-corrected chi connectivity index (χ4v) is 1.18. The van der Waals surface area contributed by atoms with Crippen LogP contribution in [0.5, 0.6) is 5.75 Å². The molecule has 0 aromatic heterocycles. The first-order valence-electron chi connectivity index (χ1n) is 4.74. The monoisotopic (exact) mass is 179 g/mol. The third-order valence-electron chi connectivity index (χ3n) is 2.10. The first-order chi connectivity index (χ1) is 6.45. The minimum absolute atomic E-state index is 0.498. The number of rotatable bonds is 2. The van der Waals surface area contributed by atoms with Gasteiger partial charge in [0.2, 0.25) is 0 Å². The zero-order valence-corrected chi connectivity index (χ0v) is 8.07. The second kappa shape index (κ2) is 5.60. The average Bonchev–Trinajstić information content (AvgIpc) is 2.17. The average molecular weight is 179 g/mol. The van der Waals surface area contributed by atoms with Gasteiger partial charge in [-0.3, -0.25) is 0 Å². The Balaban J connectivity index is 0.000000396. The molecule has 0 amide bonds. The Hall–Kier alpha value is -1.02. The third-order valence-corrected chi connectivity index (χ3v) is 2.10. The maximum atomic E-state index is 5.65. The molecule has 1 aromatic rings. The lowest BCUT2D eigenvalue weighted by molar-refractivity contribution is 0.120. The molecule has 0 atom stereocenters.